The smallest absolute Gasteiger partial charge is 0.0712 e. The lowest BCUT2D eigenvalue weighted by Crippen LogP contribution is -1.89. The van der Waals surface area contributed by atoms with Crippen LogP contribution in [-0.4, -0.2) is 4.98 Å². The van der Waals surface area contributed by atoms with Crippen LogP contribution in [0.5, 0.6) is 0 Å². The van der Waals surface area contributed by atoms with Crippen LogP contribution in [0.2, 0.25) is 0 Å². The third kappa shape index (κ3) is 1.97. The summed E-state index contributed by atoms with van der Waals surface area (Å²) in [5.74, 6) is 0.517. The van der Waals surface area contributed by atoms with Crippen LogP contribution < -0.4 is 0 Å². The summed E-state index contributed by atoms with van der Waals surface area (Å²) in [6, 6.07) is 16.3. The lowest BCUT2D eigenvalue weighted by molar-refractivity contribution is 1.42. The van der Waals surface area contributed by atoms with Gasteiger partial charge in [-0.1, -0.05) is 36.4 Å². The highest BCUT2D eigenvalue weighted by molar-refractivity contribution is 6.19. The largest absolute Gasteiger partial charge is 0.248 e. The minimum atomic E-state index is 0. The number of fused-ring (bicyclic) bond motifs is 2. The fourth-order valence-electron chi connectivity index (χ4n) is 2.07. The van der Waals surface area contributed by atoms with E-state index < -0.39 is 0 Å². The molecule has 0 spiro atoms. The average molecular weight is 264 g/mol. The fourth-order valence-corrected chi connectivity index (χ4v) is 2.36. The molecule has 0 bridgehead atoms. The minimum absolute atomic E-state index is 0. The molecule has 0 unspecified atom stereocenters. The van der Waals surface area contributed by atoms with Crippen molar-refractivity contribution in [1.29, 1.82) is 0 Å². The predicted molar refractivity (Wildman–Crippen MR) is 76.1 cm³/mol. The van der Waals surface area contributed by atoms with Gasteiger partial charge in [0.25, 0.3) is 0 Å². The molecule has 0 saturated carbocycles. The SMILES string of the molecule is Cl.ClCc1c2ccccc2nc2ccccc12. The van der Waals surface area contributed by atoms with E-state index in [0.29, 0.717) is 5.88 Å². The average Bonchev–Trinajstić information content (AvgIpc) is 2.36. The molecule has 1 nitrogen and oxygen atoms in total. The molecule has 0 N–H and O–H groups in total. The van der Waals surface area contributed by atoms with Crippen molar-refractivity contribution in [3.8, 4) is 0 Å². The van der Waals surface area contributed by atoms with E-state index in [2.05, 4.69) is 17.1 Å². The number of rotatable bonds is 1. The Morgan fingerprint density at radius 2 is 1.29 bits per heavy atom. The van der Waals surface area contributed by atoms with Crippen LogP contribution in [0.15, 0.2) is 48.5 Å². The molecule has 1 heterocycles. The van der Waals surface area contributed by atoms with Crippen LogP contribution >= 0.6 is 24.0 Å². The molecule has 3 heteroatoms. The Balaban J connectivity index is 0.00000108. The number of nitrogens with zero attached hydrogens (tertiary/aromatic N) is 1. The molecule has 0 amide bonds. The second kappa shape index (κ2) is 4.91. The van der Waals surface area contributed by atoms with Crippen molar-refractivity contribution in [2.45, 2.75) is 5.88 Å². The Morgan fingerprint density at radius 1 is 0.824 bits per heavy atom. The number of halogens is 2. The van der Waals surface area contributed by atoms with Gasteiger partial charge in [0.15, 0.2) is 0 Å². The number of hydrogen-bond donors (Lipinski definition) is 0. The van der Waals surface area contributed by atoms with E-state index >= 15 is 0 Å². The summed E-state index contributed by atoms with van der Waals surface area (Å²) in [4.78, 5) is 4.63. The molecule has 0 aliphatic carbocycles. The van der Waals surface area contributed by atoms with Gasteiger partial charge >= 0.3 is 0 Å². The van der Waals surface area contributed by atoms with Crippen LogP contribution in [0.3, 0.4) is 0 Å². The first kappa shape index (κ1) is 12.2. The van der Waals surface area contributed by atoms with Crippen molar-refractivity contribution >= 4 is 45.8 Å². The molecule has 0 aliphatic rings. The van der Waals surface area contributed by atoms with Crippen molar-refractivity contribution < 1.29 is 0 Å². The zero-order valence-electron chi connectivity index (χ0n) is 9.06. The molecule has 0 atom stereocenters. The van der Waals surface area contributed by atoms with Crippen LogP contribution in [0.25, 0.3) is 21.8 Å². The molecule has 0 aliphatic heterocycles. The highest BCUT2D eigenvalue weighted by Gasteiger charge is 2.06. The lowest BCUT2D eigenvalue weighted by Gasteiger charge is -2.07. The first-order valence-electron chi connectivity index (χ1n) is 5.22. The number of pyridine rings is 1. The van der Waals surface area contributed by atoms with Crippen LogP contribution in [-0.2, 0) is 5.88 Å². The molecule has 0 fully saturated rings. The topological polar surface area (TPSA) is 12.9 Å². The second-order valence-electron chi connectivity index (χ2n) is 3.76. The van der Waals surface area contributed by atoms with Gasteiger partial charge in [0, 0.05) is 16.7 Å². The minimum Gasteiger partial charge on any atom is -0.248 e. The van der Waals surface area contributed by atoms with E-state index in [1.807, 2.05) is 36.4 Å². The van der Waals surface area contributed by atoms with Gasteiger partial charge in [-0.15, -0.1) is 24.0 Å². The molecular weight excluding hydrogens is 253 g/mol. The summed E-state index contributed by atoms with van der Waals surface area (Å²) >= 11 is 6.06. The molecule has 17 heavy (non-hydrogen) atoms. The van der Waals surface area contributed by atoms with Crippen molar-refractivity contribution in [2.24, 2.45) is 0 Å². The van der Waals surface area contributed by atoms with Crippen LogP contribution in [0, 0.1) is 0 Å². The second-order valence-corrected chi connectivity index (χ2v) is 4.03. The highest BCUT2D eigenvalue weighted by Crippen LogP contribution is 2.26. The fraction of sp³-hybridized carbons (Fsp3) is 0.0714. The first-order chi connectivity index (χ1) is 7.90. The van der Waals surface area contributed by atoms with Gasteiger partial charge in [0.05, 0.1) is 11.0 Å². The number of para-hydroxylation sites is 2. The van der Waals surface area contributed by atoms with E-state index in [0.717, 1.165) is 21.8 Å². The summed E-state index contributed by atoms with van der Waals surface area (Å²) in [6.45, 7) is 0. The van der Waals surface area contributed by atoms with Gasteiger partial charge < -0.3 is 0 Å². The third-order valence-electron chi connectivity index (χ3n) is 2.83. The Morgan fingerprint density at radius 3 is 1.76 bits per heavy atom. The van der Waals surface area contributed by atoms with Gasteiger partial charge in [-0.3, -0.25) is 0 Å². The number of hydrogen-bond acceptors (Lipinski definition) is 1. The molecule has 86 valence electrons. The predicted octanol–water partition coefficient (Wildman–Crippen LogP) is 4.55. The maximum atomic E-state index is 6.06. The molecule has 2 aromatic carbocycles. The number of benzene rings is 2. The Hall–Kier alpha value is -1.31. The standard InChI is InChI=1S/C14H10ClN.ClH/c15-9-12-10-5-1-3-7-13(10)16-14-8-4-2-6-11(12)14;/h1-8H,9H2;1H. The summed E-state index contributed by atoms with van der Waals surface area (Å²) in [7, 11) is 0. The third-order valence-corrected chi connectivity index (χ3v) is 3.10. The van der Waals surface area contributed by atoms with Crippen molar-refractivity contribution in [1.82, 2.24) is 4.98 Å². The zero-order chi connectivity index (χ0) is 11.0. The van der Waals surface area contributed by atoms with Gasteiger partial charge in [0.2, 0.25) is 0 Å². The summed E-state index contributed by atoms with van der Waals surface area (Å²) in [5, 5.41) is 2.30. The van der Waals surface area contributed by atoms with E-state index in [1.165, 1.54) is 5.56 Å². The summed E-state index contributed by atoms with van der Waals surface area (Å²) < 4.78 is 0. The molecule has 3 rings (SSSR count). The Labute approximate surface area is 111 Å². The van der Waals surface area contributed by atoms with E-state index in [-0.39, 0.29) is 12.4 Å². The van der Waals surface area contributed by atoms with E-state index in [4.69, 9.17) is 11.6 Å². The van der Waals surface area contributed by atoms with Gasteiger partial charge in [-0.2, -0.15) is 0 Å². The normalized spacial score (nSPS) is 10.4. The Bertz CT molecular complexity index is 610. The molecule has 3 aromatic rings. The number of aromatic nitrogens is 1. The monoisotopic (exact) mass is 263 g/mol. The maximum absolute atomic E-state index is 6.06. The summed E-state index contributed by atoms with van der Waals surface area (Å²) in [6.07, 6.45) is 0. The van der Waals surface area contributed by atoms with Gasteiger partial charge in [-0.05, 0) is 17.7 Å². The van der Waals surface area contributed by atoms with Gasteiger partial charge in [0.1, 0.15) is 0 Å². The lowest BCUT2D eigenvalue weighted by atomic mass is 10.0. The quantitative estimate of drug-likeness (QED) is 0.464. The molecule has 0 saturated heterocycles. The van der Waals surface area contributed by atoms with E-state index in [9.17, 15) is 0 Å². The Kier molecular flexibility index (Phi) is 3.51. The molecular formula is C14H11Cl2N. The molecule has 1 aromatic heterocycles. The first-order valence-corrected chi connectivity index (χ1v) is 5.76. The van der Waals surface area contributed by atoms with E-state index in [1.54, 1.807) is 0 Å². The van der Waals surface area contributed by atoms with Crippen molar-refractivity contribution in [2.75, 3.05) is 0 Å². The van der Waals surface area contributed by atoms with Crippen LogP contribution in [0.4, 0.5) is 0 Å². The van der Waals surface area contributed by atoms with Crippen LogP contribution in [0.1, 0.15) is 5.56 Å². The van der Waals surface area contributed by atoms with Crippen molar-refractivity contribution in [3.63, 3.8) is 0 Å². The zero-order valence-corrected chi connectivity index (χ0v) is 10.6. The maximum Gasteiger partial charge on any atom is 0.0712 e. The van der Waals surface area contributed by atoms with Crippen molar-refractivity contribution in [3.05, 3.63) is 54.1 Å². The summed E-state index contributed by atoms with van der Waals surface area (Å²) in [5.41, 5.74) is 3.19. The molecule has 0 radical (unpaired) electrons. The highest BCUT2D eigenvalue weighted by atomic mass is 35.5. The van der Waals surface area contributed by atoms with Gasteiger partial charge in [-0.25, -0.2) is 4.98 Å². The number of alkyl halides is 1.